The highest BCUT2D eigenvalue weighted by molar-refractivity contribution is 7.92. The first-order valence-corrected chi connectivity index (χ1v) is 13.9. The van der Waals surface area contributed by atoms with E-state index in [1.54, 1.807) is 31.3 Å². The van der Waals surface area contributed by atoms with Crippen molar-refractivity contribution in [2.75, 3.05) is 32.0 Å². The van der Waals surface area contributed by atoms with Crippen LogP contribution in [0.2, 0.25) is 10.0 Å². The zero-order chi connectivity index (χ0) is 25.9. The Morgan fingerprint density at radius 1 is 1.06 bits per heavy atom. The van der Waals surface area contributed by atoms with Crippen LogP contribution in [0.4, 0.5) is 5.69 Å². The molecule has 2 aromatic carbocycles. The second-order valence-electron chi connectivity index (χ2n) is 8.95. The number of fused-ring (bicyclic) bond motifs is 1. The smallest absolute Gasteiger partial charge is 0.262 e. The molecule has 0 radical (unpaired) electrons. The van der Waals surface area contributed by atoms with Gasteiger partial charge < -0.3 is 14.4 Å². The van der Waals surface area contributed by atoms with Crippen molar-refractivity contribution in [3.8, 4) is 11.5 Å². The molecule has 0 aliphatic heterocycles. The number of hydrogen-bond acceptors (Lipinski definition) is 6. The van der Waals surface area contributed by atoms with E-state index in [0.717, 1.165) is 42.6 Å². The molecule has 0 spiro atoms. The third-order valence-electron chi connectivity index (χ3n) is 6.00. The largest absolute Gasteiger partial charge is 0.491 e. The van der Waals surface area contributed by atoms with Gasteiger partial charge in [-0.1, -0.05) is 35.3 Å². The lowest BCUT2D eigenvalue weighted by Crippen LogP contribution is -2.19. The molecular formula is C26H29Cl2N3O4S. The third-order valence-corrected chi connectivity index (χ3v) is 8.22. The van der Waals surface area contributed by atoms with Crippen LogP contribution >= 0.6 is 23.2 Å². The summed E-state index contributed by atoms with van der Waals surface area (Å²) in [4.78, 5) is 6.67. The molecule has 10 heteroatoms. The molecule has 1 aromatic heterocycles. The van der Waals surface area contributed by atoms with Gasteiger partial charge in [-0.05, 0) is 75.7 Å². The van der Waals surface area contributed by atoms with E-state index >= 15 is 0 Å². The fourth-order valence-electron chi connectivity index (χ4n) is 4.03. The molecule has 3 aromatic rings. The number of ether oxygens (including phenoxy) is 2. The molecule has 1 N–H and O–H groups in total. The number of rotatable bonds is 10. The molecule has 0 fully saturated rings. The molecule has 0 amide bonds. The summed E-state index contributed by atoms with van der Waals surface area (Å²) < 4.78 is 41.4. The fraction of sp³-hybridized carbons (Fsp3) is 0.346. The number of nitrogens with one attached hydrogen (secondary N) is 1. The average molecular weight is 551 g/mol. The summed E-state index contributed by atoms with van der Waals surface area (Å²) >= 11 is 12.5. The highest BCUT2D eigenvalue weighted by Gasteiger charge is 2.26. The van der Waals surface area contributed by atoms with Gasteiger partial charge in [0.2, 0.25) is 0 Å². The first-order chi connectivity index (χ1) is 17.2. The first-order valence-electron chi connectivity index (χ1n) is 11.6. The molecule has 0 unspecified atom stereocenters. The number of hydrogen-bond donors (Lipinski definition) is 1. The number of pyridine rings is 1. The van der Waals surface area contributed by atoms with E-state index in [1.807, 2.05) is 31.1 Å². The van der Waals surface area contributed by atoms with Gasteiger partial charge in [-0.25, -0.2) is 8.42 Å². The summed E-state index contributed by atoms with van der Waals surface area (Å²) in [6.45, 7) is 3.13. The van der Waals surface area contributed by atoms with Crippen LogP contribution in [0.5, 0.6) is 11.5 Å². The maximum absolute atomic E-state index is 13.4. The number of aryl methyl sites for hydroxylation is 1. The lowest BCUT2D eigenvalue weighted by atomic mass is 10.2. The standard InChI is InChI=1S/C26H29Cl2N3O4S/c1-17-20(27)7-5-9-25(17)36(32,33)30-26-19-6-4-8-22(19)29-15-24(26)35-16-18-10-11-21(28)23(14-18)34-13-12-31(2)3/h5,7,9-11,14-15H,4,6,8,12-13,16H2,1-3H3,(H,29,30). The summed E-state index contributed by atoms with van der Waals surface area (Å²) in [6.07, 6.45) is 4.00. The van der Waals surface area contributed by atoms with Crippen molar-refractivity contribution in [1.82, 2.24) is 9.88 Å². The van der Waals surface area contributed by atoms with Crippen LogP contribution in [-0.4, -0.2) is 45.5 Å². The average Bonchev–Trinajstić information content (AvgIpc) is 3.31. The Morgan fingerprint density at radius 2 is 1.86 bits per heavy atom. The number of halogens is 2. The molecule has 7 nitrogen and oxygen atoms in total. The first kappa shape index (κ1) is 26.5. The number of aromatic nitrogens is 1. The number of nitrogens with zero attached hydrogens (tertiary/aromatic N) is 2. The summed E-state index contributed by atoms with van der Waals surface area (Å²) in [5, 5.41) is 0.905. The van der Waals surface area contributed by atoms with Gasteiger partial charge in [0.1, 0.15) is 19.0 Å². The van der Waals surface area contributed by atoms with Crippen LogP contribution in [-0.2, 0) is 29.5 Å². The van der Waals surface area contributed by atoms with Gasteiger partial charge in [0.05, 0.1) is 21.8 Å². The Bertz CT molecular complexity index is 1360. The Hall–Kier alpha value is -2.52. The maximum Gasteiger partial charge on any atom is 0.262 e. The fourth-order valence-corrected chi connectivity index (χ4v) is 5.80. The van der Waals surface area contributed by atoms with Crippen molar-refractivity contribution in [2.45, 2.75) is 37.7 Å². The van der Waals surface area contributed by atoms with E-state index < -0.39 is 10.0 Å². The Balaban J connectivity index is 1.59. The summed E-state index contributed by atoms with van der Waals surface area (Å²) in [5.74, 6) is 0.938. The van der Waals surface area contributed by atoms with Gasteiger partial charge in [0.25, 0.3) is 10.0 Å². The van der Waals surface area contributed by atoms with Crippen LogP contribution in [0, 0.1) is 6.92 Å². The van der Waals surface area contributed by atoms with E-state index in [1.165, 1.54) is 6.07 Å². The minimum atomic E-state index is -3.91. The zero-order valence-electron chi connectivity index (χ0n) is 20.5. The highest BCUT2D eigenvalue weighted by Crippen LogP contribution is 2.37. The van der Waals surface area contributed by atoms with Gasteiger partial charge >= 0.3 is 0 Å². The third kappa shape index (κ3) is 6.06. The molecule has 1 aliphatic rings. The lowest BCUT2D eigenvalue weighted by molar-refractivity contribution is 0.260. The zero-order valence-corrected chi connectivity index (χ0v) is 22.8. The summed E-state index contributed by atoms with van der Waals surface area (Å²) in [6, 6.07) is 10.3. The van der Waals surface area contributed by atoms with Gasteiger partial charge in [-0.15, -0.1) is 0 Å². The van der Waals surface area contributed by atoms with E-state index in [4.69, 9.17) is 32.7 Å². The van der Waals surface area contributed by atoms with Gasteiger partial charge in [0.15, 0.2) is 5.75 Å². The molecule has 192 valence electrons. The second kappa shape index (κ2) is 11.3. The van der Waals surface area contributed by atoms with Crippen LogP contribution in [0.1, 0.15) is 28.8 Å². The van der Waals surface area contributed by atoms with Crippen molar-refractivity contribution in [3.63, 3.8) is 0 Å². The monoisotopic (exact) mass is 549 g/mol. The minimum absolute atomic E-state index is 0.127. The predicted molar refractivity (Wildman–Crippen MR) is 143 cm³/mol. The van der Waals surface area contributed by atoms with Crippen molar-refractivity contribution in [1.29, 1.82) is 0 Å². The van der Waals surface area contributed by atoms with Crippen LogP contribution in [0.3, 0.4) is 0 Å². The van der Waals surface area contributed by atoms with Crippen molar-refractivity contribution in [2.24, 2.45) is 0 Å². The van der Waals surface area contributed by atoms with E-state index in [0.29, 0.717) is 39.4 Å². The molecule has 0 saturated carbocycles. The molecule has 1 aliphatic carbocycles. The number of benzene rings is 2. The number of likely N-dealkylation sites (N-methyl/N-ethyl adjacent to an activating group) is 1. The molecule has 0 saturated heterocycles. The van der Waals surface area contributed by atoms with Crippen LogP contribution in [0.25, 0.3) is 0 Å². The van der Waals surface area contributed by atoms with Crippen molar-refractivity contribution >= 4 is 38.9 Å². The normalized spacial score (nSPS) is 13.1. The molecule has 1 heterocycles. The maximum atomic E-state index is 13.4. The number of sulfonamides is 1. The minimum Gasteiger partial charge on any atom is -0.491 e. The van der Waals surface area contributed by atoms with Crippen molar-refractivity contribution in [3.05, 3.63) is 75.0 Å². The summed E-state index contributed by atoms with van der Waals surface area (Å²) in [5.41, 5.74) is 3.49. The van der Waals surface area contributed by atoms with E-state index in [2.05, 4.69) is 9.71 Å². The molecule has 0 atom stereocenters. The molecule has 4 rings (SSSR count). The van der Waals surface area contributed by atoms with Crippen LogP contribution < -0.4 is 14.2 Å². The van der Waals surface area contributed by atoms with Crippen LogP contribution in [0.15, 0.2) is 47.5 Å². The predicted octanol–water partition coefficient (Wildman–Crippen LogP) is 5.51. The Morgan fingerprint density at radius 3 is 2.64 bits per heavy atom. The Kier molecular flexibility index (Phi) is 8.30. The second-order valence-corrected chi connectivity index (χ2v) is 11.4. The van der Waals surface area contributed by atoms with E-state index in [9.17, 15) is 8.42 Å². The van der Waals surface area contributed by atoms with Crippen molar-refractivity contribution < 1.29 is 17.9 Å². The van der Waals surface area contributed by atoms with Gasteiger partial charge in [-0.2, -0.15) is 0 Å². The molecule has 0 bridgehead atoms. The topological polar surface area (TPSA) is 80.8 Å². The highest BCUT2D eigenvalue weighted by atomic mass is 35.5. The molecular weight excluding hydrogens is 521 g/mol. The van der Waals surface area contributed by atoms with Gasteiger partial charge in [-0.3, -0.25) is 9.71 Å². The quantitative estimate of drug-likeness (QED) is 0.359. The lowest BCUT2D eigenvalue weighted by Gasteiger charge is -2.18. The number of anilines is 1. The van der Waals surface area contributed by atoms with E-state index in [-0.39, 0.29) is 11.5 Å². The SMILES string of the molecule is Cc1c(Cl)cccc1S(=O)(=O)Nc1c(OCc2ccc(Cl)c(OCCN(C)C)c2)cnc2c1CCC2. The molecule has 36 heavy (non-hydrogen) atoms. The summed E-state index contributed by atoms with van der Waals surface area (Å²) in [7, 11) is 0.0364. The Labute approximate surface area is 222 Å². The van der Waals surface area contributed by atoms with Gasteiger partial charge in [0, 0.05) is 22.8 Å².